The predicted octanol–water partition coefficient (Wildman–Crippen LogP) is 2.29. The van der Waals surface area contributed by atoms with Gasteiger partial charge < -0.3 is 19.6 Å². The molecule has 1 aromatic carbocycles. The van der Waals surface area contributed by atoms with Gasteiger partial charge in [-0.15, -0.1) is 5.06 Å². The number of rotatable bonds is 8. The lowest BCUT2D eigenvalue weighted by atomic mass is 10.1. The van der Waals surface area contributed by atoms with Gasteiger partial charge in [0.15, 0.2) is 5.75 Å². The number of benzene rings is 1. The fourth-order valence-electron chi connectivity index (χ4n) is 2.57. The first-order valence-corrected chi connectivity index (χ1v) is 9.49. The number of imide groups is 1. The molecule has 1 aliphatic rings. The Morgan fingerprint density at radius 3 is 2.30 bits per heavy atom. The van der Waals surface area contributed by atoms with Gasteiger partial charge in [0.25, 0.3) is 11.8 Å². The van der Waals surface area contributed by atoms with E-state index in [9.17, 15) is 19.2 Å². The second-order valence-electron chi connectivity index (χ2n) is 7.64. The highest BCUT2D eigenvalue weighted by atomic mass is 16.7. The van der Waals surface area contributed by atoms with Gasteiger partial charge in [-0.1, -0.05) is 24.8 Å². The summed E-state index contributed by atoms with van der Waals surface area (Å²) in [5, 5.41) is 3.26. The van der Waals surface area contributed by atoms with Gasteiger partial charge in [-0.05, 0) is 38.5 Å². The molecule has 1 saturated heterocycles. The van der Waals surface area contributed by atoms with Gasteiger partial charge in [0.1, 0.15) is 18.2 Å². The van der Waals surface area contributed by atoms with Crippen molar-refractivity contribution in [2.75, 3.05) is 6.61 Å². The average molecular weight is 418 g/mol. The molecule has 9 nitrogen and oxygen atoms in total. The van der Waals surface area contributed by atoms with Crippen LogP contribution in [0.1, 0.15) is 39.2 Å². The van der Waals surface area contributed by atoms with Crippen molar-refractivity contribution in [3.63, 3.8) is 0 Å². The molecule has 1 N–H and O–H groups in total. The second kappa shape index (κ2) is 9.91. The topological polar surface area (TPSA) is 111 Å². The summed E-state index contributed by atoms with van der Waals surface area (Å²) in [7, 11) is 0. The van der Waals surface area contributed by atoms with Crippen LogP contribution in [-0.4, -0.2) is 47.2 Å². The smallest absolute Gasteiger partial charge is 0.408 e. The first-order chi connectivity index (χ1) is 14.1. The molecule has 1 fully saturated rings. The van der Waals surface area contributed by atoms with Crippen LogP contribution in [0.4, 0.5) is 4.79 Å². The molecule has 162 valence electrons. The van der Waals surface area contributed by atoms with Gasteiger partial charge in [-0.25, -0.2) is 9.59 Å². The van der Waals surface area contributed by atoms with E-state index in [4.69, 9.17) is 14.3 Å². The molecule has 1 heterocycles. The Balaban J connectivity index is 2.05. The Hall–Kier alpha value is -3.36. The number of nitrogens with one attached hydrogen (secondary N) is 1. The van der Waals surface area contributed by atoms with Crippen molar-refractivity contribution in [3.8, 4) is 5.75 Å². The second-order valence-corrected chi connectivity index (χ2v) is 7.64. The maximum Gasteiger partial charge on any atom is 0.408 e. The maximum atomic E-state index is 12.3. The van der Waals surface area contributed by atoms with Crippen molar-refractivity contribution in [2.24, 2.45) is 0 Å². The number of amides is 3. The van der Waals surface area contributed by atoms with Crippen molar-refractivity contribution in [3.05, 3.63) is 42.5 Å². The number of esters is 1. The van der Waals surface area contributed by atoms with Crippen LogP contribution in [0.25, 0.3) is 0 Å². The molecule has 1 aromatic rings. The Morgan fingerprint density at radius 2 is 1.77 bits per heavy atom. The minimum atomic E-state index is -0.978. The van der Waals surface area contributed by atoms with E-state index in [-0.39, 0.29) is 25.9 Å². The lowest BCUT2D eigenvalue weighted by Crippen LogP contribution is -2.45. The van der Waals surface area contributed by atoms with Crippen LogP contribution in [0.2, 0.25) is 0 Å². The Labute approximate surface area is 174 Å². The van der Waals surface area contributed by atoms with Crippen LogP contribution in [0.15, 0.2) is 36.9 Å². The molecule has 0 saturated carbocycles. The first-order valence-electron chi connectivity index (χ1n) is 9.49. The molecule has 3 amide bonds. The molecule has 0 radical (unpaired) electrons. The number of carbonyl (C=O) groups is 4. The number of hydrogen-bond donors (Lipinski definition) is 1. The van der Waals surface area contributed by atoms with E-state index in [2.05, 4.69) is 11.9 Å². The van der Waals surface area contributed by atoms with Crippen molar-refractivity contribution < 1.29 is 33.5 Å². The molecular formula is C21H26N2O7. The summed E-state index contributed by atoms with van der Waals surface area (Å²) in [4.78, 5) is 53.0. The predicted molar refractivity (Wildman–Crippen MR) is 106 cm³/mol. The van der Waals surface area contributed by atoms with E-state index in [1.807, 2.05) is 0 Å². The standard InChI is InChI=1S/C21H26N2O7/c1-5-12-28-19(26)16(22-20(27)29-21(2,3)4)13-14-6-8-15(9-7-14)30-23-17(24)10-11-18(23)25/h5-9,16H,1,10-13H2,2-4H3,(H,22,27)/t16-/m0/s1. The molecule has 2 rings (SSSR count). The molecule has 30 heavy (non-hydrogen) atoms. The lowest BCUT2D eigenvalue weighted by molar-refractivity contribution is -0.164. The van der Waals surface area contributed by atoms with E-state index in [0.717, 1.165) is 5.06 Å². The van der Waals surface area contributed by atoms with Gasteiger partial charge in [0.2, 0.25) is 0 Å². The van der Waals surface area contributed by atoms with Gasteiger partial charge in [0.05, 0.1) is 0 Å². The first kappa shape index (κ1) is 22.9. The van der Waals surface area contributed by atoms with E-state index in [0.29, 0.717) is 11.3 Å². The minimum Gasteiger partial charge on any atom is -0.460 e. The molecule has 0 bridgehead atoms. The quantitative estimate of drug-likeness (QED) is 0.392. The van der Waals surface area contributed by atoms with Gasteiger partial charge in [-0.3, -0.25) is 9.59 Å². The fourth-order valence-corrected chi connectivity index (χ4v) is 2.57. The molecule has 1 aliphatic heterocycles. The summed E-state index contributed by atoms with van der Waals surface area (Å²) in [5.41, 5.74) is -0.0265. The van der Waals surface area contributed by atoms with Crippen LogP contribution in [-0.2, 0) is 30.3 Å². The van der Waals surface area contributed by atoms with Crippen LogP contribution in [0, 0.1) is 0 Å². The minimum absolute atomic E-state index is 0.00992. The summed E-state index contributed by atoms with van der Waals surface area (Å²) < 4.78 is 10.3. The van der Waals surface area contributed by atoms with Crippen LogP contribution >= 0.6 is 0 Å². The molecule has 0 spiro atoms. The molecular weight excluding hydrogens is 392 g/mol. The van der Waals surface area contributed by atoms with Crippen LogP contribution in [0.5, 0.6) is 5.75 Å². The van der Waals surface area contributed by atoms with E-state index in [1.165, 1.54) is 6.08 Å². The number of hydrogen-bond acceptors (Lipinski definition) is 7. The zero-order valence-electron chi connectivity index (χ0n) is 17.3. The number of carbonyl (C=O) groups excluding carboxylic acids is 4. The van der Waals surface area contributed by atoms with Gasteiger partial charge in [-0.2, -0.15) is 0 Å². The van der Waals surface area contributed by atoms with Crippen molar-refractivity contribution in [1.29, 1.82) is 0 Å². The van der Waals surface area contributed by atoms with Crippen molar-refractivity contribution in [2.45, 2.75) is 51.7 Å². The lowest BCUT2D eigenvalue weighted by Gasteiger charge is -2.23. The molecule has 0 unspecified atom stereocenters. The van der Waals surface area contributed by atoms with E-state index < -0.39 is 35.5 Å². The third-order valence-electron chi connectivity index (χ3n) is 3.88. The normalized spacial score (nSPS) is 14.8. The average Bonchev–Trinajstić information content (AvgIpc) is 2.97. The molecule has 0 aromatic heterocycles. The summed E-state index contributed by atoms with van der Waals surface area (Å²) in [5.74, 6) is -1.12. The fraction of sp³-hybridized carbons (Fsp3) is 0.429. The van der Waals surface area contributed by atoms with E-state index in [1.54, 1.807) is 45.0 Å². The monoisotopic (exact) mass is 418 g/mol. The number of alkyl carbamates (subject to hydrolysis) is 1. The third-order valence-corrected chi connectivity index (χ3v) is 3.88. The summed E-state index contributed by atoms with van der Waals surface area (Å²) in [6.07, 6.45) is 1.07. The Morgan fingerprint density at radius 1 is 1.17 bits per heavy atom. The molecule has 1 atom stereocenters. The number of nitrogens with zero attached hydrogens (tertiary/aromatic N) is 1. The number of hydroxylamine groups is 2. The summed E-state index contributed by atoms with van der Waals surface area (Å²) in [6, 6.07) is 5.46. The van der Waals surface area contributed by atoms with E-state index >= 15 is 0 Å². The highest BCUT2D eigenvalue weighted by Gasteiger charge is 2.31. The molecule has 0 aliphatic carbocycles. The number of ether oxygens (including phenoxy) is 2. The molecule has 9 heteroatoms. The summed E-state index contributed by atoms with van der Waals surface area (Å²) in [6.45, 7) is 8.65. The Kier molecular flexibility index (Phi) is 7.57. The van der Waals surface area contributed by atoms with Crippen LogP contribution < -0.4 is 10.2 Å². The van der Waals surface area contributed by atoms with Crippen molar-refractivity contribution >= 4 is 23.9 Å². The van der Waals surface area contributed by atoms with Gasteiger partial charge >= 0.3 is 12.1 Å². The summed E-state index contributed by atoms with van der Waals surface area (Å²) >= 11 is 0. The largest absolute Gasteiger partial charge is 0.460 e. The zero-order chi connectivity index (χ0) is 22.3. The van der Waals surface area contributed by atoms with Crippen molar-refractivity contribution in [1.82, 2.24) is 10.4 Å². The van der Waals surface area contributed by atoms with Crippen LogP contribution in [0.3, 0.4) is 0 Å². The van der Waals surface area contributed by atoms with Gasteiger partial charge in [0, 0.05) is 19.3 Å². The highest BCUT2D eigenvalue weighted by Crippen LogP contribution is 2.19. The zero-order valence-corrected chi connectivity index (χ0v) is 17.3. The third kappa shape index (κ3) is 6.91. The SMILES string of the molecule is C=CCOC(=O)[C@H](Cc1ccc(ON2C(=O)CCC2=O)cc1)NC(=O)OC(C)(C)C. The Bertz CT molecular complexity index is 796. The maximum absolute atomic E-state index is 12.3. The highest BCUT2D eigenvalue weighted by molar-refractivity contribution is 6.00.